The molecule has 7 rings (SSSR count). The molecule has 0 N–H and O–H groups in total. The second-order valence-electron chi connectivity index (χ2n) is 10.8. The third kappa shape index (κ3) is 3.70. The molecule has 4 aromatic carbocycles. The molecule has 1 atom stereocenters. The van der Waals surface area contributed by atoms with E-state index in [1.165, 1.54) is 0 Å². The van der Waals surface area contributed by atoms with E-state index in [1.54, 1.807) is 41.2 Å². The van der Waals surface area contributed by atoms with Crippen LogP contribution >= 0.6 is 0 Å². The Labute approximate surface area is 242 Å². The highest BCUT2D eigenvalue weighted by Gasteiger charge is 2.64. The maximum absolute atomic E-state index is 14.9. The molecule has 0 fully saturated rings. The highest BCUT2D eigenvalue weighted by molar-refractivity contribution is 6.17. The van der Waals surface area contributed by atoms with Crippen LogP contribution < -0.4 is 15.1 Å². The minimum absolute atomic E-state index is 0.0750. The number of benzene rings is 4. The minimum Gasteiger partial charge on any atom is -0.497 e. The van der Waals surface area contributed by atoms with Gasteiger partial charge in [-0.05, 0) is 54.8 Å². The zero-order chi connectivity index (χ0) is 29.0. The van der Waals surface area contributed by atoms with Crippen LogP contribution in [0, 0.1) is 6.92 Å². The summed E-state index contributed by atoms with van der Waals surface area (Å²) >= 11 is 0. The van der Waals surface area contributed by atoms with Crippen LogP contribution in [0.4, 0.5) is 5.69 Å². The average molecular weight is 557 g/mol. The highest BCUT2D eigenvalue weighted by atomic mass is 16.5. The van der Waals surface area contributed by atoms with Crippen molar-refractivity contribution < 1.29 is 18.7 Å². The molecule has 0 radical (unpaired) electrons. The van der Waals surface area contributed by atoms with Gasteiger partial charge in [-0.15, -0.1) is 0 Å². The molecule has 2 aliphatic heterocycles. The maximum Gasteiger partial charge on any atom is 0.291 e. The van der Waals surface area contributed by atoms with Gasteiger partial charge in [0, 0.05) is 12.1 Å². The second kappa shape index (κ2) is 9.73. The predicted octanol–water partition coefficient (Wildman–Crippen LogP) is 5.60. The third-order valence-corrected chi connectivity index (χ3v) is 8.35. The van der Waals surface area contributed by atoms with Crippen LogP contribution in [0.25, 0.3) is 11.0 Å². The summed E-state index contributed by atoms with van der Waals surface area (Å²) in [5.41, 5.74) is 2.67. The lowest BCUT2D eigenvalue weighted by Crippen LogP contribution is -2.53. The lowest BCUT2D eigenvalue weighted by molar-refractivity contribution is -0.126. The van der Waals surface area contributed by atoms with Crippen LogP contribution in [0.1, 0.15) is 38.4 Å². The van der Waals surface area contributed by atoms with E-state index in [0.29, 0.717) is 35.2 Å². The van der Waals surface area contributed by atoms with E-state index in [4.69, 9.17) is 9.15 Å². The van der Waals surface area contributed by atoms with Gasteiger partial charge >= 0.3 is 0 Å². The summed E-state index contributed by atoms with van der Waals surface area (Å²) in [6, 6.07) is 29.9. The lowest BCUT2D eigenvalue weighted by atomic mass is 9.83. The van der Waals surface area contributed by atoms with E-state index in [1.807, 2.05) is 79.7 Å². The zero-order valence-electron chi connectivity index (χ0n) is 23.3. The monoisotopic (exact) mass is 556 g/mol. The molecule has 7 heteroatoms. The number of hydrogen-bond acceptors (Lipinski definition) is 5. The van der Waals surface area contributed by atoms with Crippen molar-refractivity contribution in [3.8, 4) is 5.75 Å². The van der Waals surface area contributed by atoms with Gasteiger partial charge in [0.1, 0.15) is 11.3 Å². The largest absolute Gasteiger partial charge is 0.497 e. The van der Waals surface area contributed by atoms with E-state index >= 15 is 0 Å². The number of anilines is 1. The van der Waals surface area contributed by atoms with Gasteiger partial charge in [0.2, 0.25) is 5.76 Å². The number of methoxy groups -OCH3 is 1. The Hall–Kier alpha value is -5.17. The van der Waals surface area contributed by atoms with Crippen LogP contribution in [-0.2, 0) is 23.3 Å². The molecular weight excluding hydrogens is 528 g/mol. The summed E-state index contributed by atoms with van der Waals surface area (Å²) in [6.07, 6.45) is 0.465. The average Bonchev–Trinajstić information content (AvgIpc) is 3.40. The summed E-state index contributed by atoms with van der Waals surface area (Å²) in [5, 5.41) is 0.336. The van der Waals surface area contributed by atoms with Gasteiger partial charge < -0.3 is 19.0 Å². The maximum atomic E-state index is 14.9. The number of ether oxygens (including phenoxy) is 1. The molecule has 42 heavy (non-hydrogen) atoms. The van der Waals surface area contributed by atoms with Gasteiger partial charge in [0.05, 0.1) is 30.3 Å². The Morgan fingerprint density at radius 2 is 1.60 bits per heavy atom. The lowest BCUT2D eigenvalue weighted by Gasteiger charge is -2.34. The molecule has 208 valence electrons. The van der Waals surface area contributed by atoms with Crippen molar-refractivity contribution >= 4 is 28.5 Å². The molecular formula is C35H28N2O5. The molecule has 5 aromatic rings. The molecule has 7 nitrogen and oxygen atoms in total. The molecule has 1 spiro atoms. The molecule has 0 aliphatic carbocycles. The molecule has 0 saturated carbocycles. The highest BCUT2D eigenvalue weighted by Crippen LogP contribution is 2.52. The van der Waals surface area contributed by atoms with Crippen LogP contribution in [0.5, 0.6) is 5.75 Å². The smallest absolute Gasteiger partial charge is 0.291 e. The van der Waals surface area contributed by atoms with Crippen molar-refractivity contribution in [2.24, 2.45) is 0 Å². The molecule has 1 unspecified atom stereocenters. The Morgan fingerprint density at radius 3 is 2.38 bits per heavy atom. The van der Waals surface area contributed by atoms with Crippen LogP contribution in [0.15, 0.2) is 106 Å². The van der Waals surface area contributed by atoms with Gasteiger partial charge in [0.15, 0.2) is 11.0 Å². The zero-order valence-corrected chi connectivity index (χ0v) is 23.3. The number of carbonyl (C=O) groups excluding carboxylic acids is 2. The van der Waals surface area contributed by atoms with Crippen molar-refractivity contribution in [3.05, 3.63) is 141 Å². The standard InChI is InChI=1S/C35H28N2O5/c1-22-8-7-9-24(20-22)21-36-28-12-5-4-11-27(28)35(34(36)40)30-31(38)26-10-3-6-13-29(26)42-32(30)33(39)37(35)19-18-23-14-16-25(41-2)17-15-23/h3-17,20H,18-19,21H2,1-2H3. The molecule has 2 amide bonds. The molecule has 2 aliphatic rings. The summed E-state index contributed by atoms with van der Waals surface area (Å²) in [6.45, 7) is 2.51. The first kappa shape index (κ1) is 25.8. The fourth-order valence-electron chi connectivity index (χ4n) is 6.42. The number of rotatable bonds is 6. The van der Waals surface area contributed by atoms with E-state index in [2.05, 4.69) is 0 Å². The number of nitrogens with zero attached hydrogens (tertiary/aromatic N) is 2. The fraction of sp³-hybridized carbons (Fsp3) is 0.171. The van der Waals surface area contributed by atoms with Gasteiger partial charge in [-0.25, -0.2) is 0 Å². The normalized spacial score (nSPS) is 17.3. The Morgan fingerprint density at radius 1 is 0.833 bits per heavy atom. The third-order valence-electron chi connectivity index (χ3n) is 8.35. The van der Waals surface area contributed by atoms with E-state index < -0.39 is 11.4 Å². The SMILES string of the molecule is COc1ccc(CCN2C(=O)c3oc4ccccc4c(=O)c3C23C(=O)N(Cc2cccc(C)c2)c2ccccc23)cc1. The number of carbonyl (C=O) groups is 2. The van der Waals surface area contributed by atoms with Crippen molar-refractivity contribution in [1.29, 1.82) is 0 Å². The van der Waals surface area contributed by atoms with E-state index in [-0.39, 0.29) is 29.2 Å². The summed E-state index contributed by atoms with van der Waals surface area (Å²) in [5.74, 6) is -0.154. The topological polar surface area (TPSA) is 80.1 Å². The Bertz CT molecular complexity index is 1940. The van der Waals surface area contributed by atoms with E-state index in [9.17, 15) is 14.4 Å². The summed E-state index contributed by atoms with van der Waals surface area (Å²) < 4.78 is 11.4. The van der Waals surface area contributed by atoms with Crippen molar-refractivity contribution in [3.63, 3.8) is 0 Å². The first-order chi connectivity index (χ1) is 20.4. The van der Waals surface area contributed by atoms with Gasteiger partial charge in [-0.1, -0.05) is 72.3 Å². The number of amides is 2. The number of aryl methyl sites for hydroxylation is 1. The Balaban J connectivity index is 1.43. The van der Waals surface area contributed by atoms with Gasteiger partial charge in [0.25, 0.3) is 11.8 Å². The van der Waals surface area contributed by atoms with E-state index in [0.717, 1.165) is 22.4 Å². The summed E-state index contributed by atoms with van der Waals surface area (Å²) in [4.78, 5) is 46.7. The first-order valence-electron chi connectivity index (χ1n) is 13.9. The molecule has 0 saturated heterocycles. The fourth-order valence-corrected chi connectivity index (χ4v) is 6.42. The predicted molar refractivity (Wildman–Crippen MR) is 160 cm³/mol. The molecule has 1 aromatic heterocycles. The summed E-state index contributed by atoms with van der Waals surface area (Å²) in [7, 11) is 1.61. The number of para-hydroxylation sites is 2. The minimum atomic E-state index is -1.65. The van der Waals surface area contributed by atoms with Crippen LogP contribution in [-0.4, -0.2) is 30.4 Å². The Kier molecular flexibility index (Phi) is 5.97. The van der Waals surface area contributed by atoms with Crippen molar-refractivity contribution in [1.82, 2.24) is 4.90 Å². The van der Waals surface area contributed by atoms with Crippen LogP contribution in [0.2, 0.25) is 0 Å². The van der Waals surface area contributed by atoms with Gasteiger partial charge in [-0.3, -0.25) is 14.4 Å². The number of fused-ring (bicyclic) bond motifs is 5. The van der Waals surface area contributed by atoms with Gasteiger partial charge in [-0.2, -0.15) is 0 Å². The second-order valence-corrected chi connectivity index (χ2v) is 10.8. The molecule has 3 heterocycles. The first-order valence-corrected chi connectivity index (χ1v) is 13.9. The molecule has 0 bridgehead atoms. The number of hydrogen-bond donors (Lipinski definition) is 0. The quantitative estimate of drug-likeness (QED) is 0.272. The van der Waals surface area contributed by atoms with Crippen molar-refractivity contribution in [2.75, 3.05) is 18.6 Å². The van der Waals surface area contributed by atoms with Crippen molar-refractivity contribution in [2.45, 2.75) is 25.4 Å². The van der Waals surface area contributed by atoms with Crippen LogP contribution in [0.3, 0.4) is 0 Å².